The number of hydrogen-bond acceptors (Lipinski definition) is 2. The van der Waals surface area contributed by atoms with E-state index in [4.69, 9.17) is 0 Å². The molecule has 2 aromatic rings. The number of pyridine rings is 1. The van der Waals surface area contributed by atoms with Crippen LogP contribution in [-0.4, -0.2) is 15.3 Å². The summed E-state index contributed by atoms with van der Waals surface area (Å²) in [5.74, 6) is 0.231. The van der Waals surface area contributed by atoms with Gasteiger partial charge in [-0.25, -0.2) is 0 Å². The second-order valence-electron chi connectivity index (χ2n) is 4.38. The molecule has 0 N–H and O–H groups in total. The fourth-order valence-electron chi connectivity index (χ4n) is 1.91. The van der Waals surface area contributed by atoms with Crippen molar-refractivity contribution in [2.24, 2.45) is 0 Å². The summed E-state index contributed by atoms with van der Waals surface area (Å²) in [4.78, 5) is 16.0. The summed E-state index contributed by atoms with van der Waals surface area (Å²) in [7, 11) is 0. The Bertz CT molecular complexity index is 502. The second-order valence-corrected chi connectivity index (χ2v) is 4.38. The monoisotopic (exact) mass is 242 g/mol. The third kappa shape index (κ3) is 3.29. The molecular formula is C15H18N2O. The van der Waals surface area contributed by atoms with Crippen LogP contribution in [0.5, 0.6) is 0 Å². The Morgan fingerprint density at radius 1 is 1.33 bits per heavy atom. The Kier molecular flexibility index (Phi) is 4.29. The van der Waals surface area contributed by atoms with E-state index in [1.807, 2.05) is 43.6 Å². The minimum absolute atomic E-state index is 0.231. The minimum Gasteiger partial charge on any atom is -0.353 e. The first-order valence-corrected chi connectivity index (χ1v) is 6.38. The average molecular weight is 242 g/mol. The van der Waals surface area contributed by atoms with Gasteiger partial charge in [0, 0.05) is 49.2 Å². The van der Waals surface area contributed by atoms with Crippen LogP contribution in [-0.2, 0) is 13.0 Å². The minimum atomic E-state index is 0.231. The van der Waals surface area contributed by atoms with Gasteiger partial charge in [0.1, 0.15) is 0 Å². The third-order valence-electron chi connectivity index (χ3n) is 2.90. The summed E-state index contributed by atoms with van der Waals surface area (Å²) < 4.78 is 2.05. The summed E-state index contributed by atoms with van der Waals surface area (Å²) in [5.41, 5.74) is 1.89. The third-order valence-corrected chi connectivity index (χ3v) is 2.90. The van der Waals surface area contributed by atoms with E-state index in [9.17, 15) is 4.79 Å². The molecule has 0 saturated carbocycles. The summed E-state index contributed by atoms with van der Waals surface area (Å²) >= 11 is 0. The van der Waals surface area contributed by atoms with Gasteiger partial charge in [-0.1, -0.05) is 13.0 Å². The Hall–Kier alpha value is -1.90. The van der Waals surface area contributed by atoms with Crippen LogP contribution in [0.2, 0.25) is 0 Å². The van der Waals surface area contributed by atoms with Crippen LogP contribution in [0.3, 0.4) is 0 Å². The van der Waals surface area contributed by atoms with Crippen molar-refractivity contribution in [3.63, 3.8) is 0 Å². The molecule has 0 bridgehead atoms. The lowest BCUT2D eigenvalue weighted by molar-refractivity contribution is 0.0981. The maximum atomic E-state index is 11.7. The molecule has 2 aromatic heterocycles. The van der Waals surface area contributed by atoms with Crippen LogP contribution in [0.1, 0.15) is 35.8 Å². The van der Waals surface area contributed by atoms with Gasteiger partial charge in [0.25, 0.3) is 0 Å². The van der Waals surface area contributed by atoms with E-state index in [-0.39, 0.29) is 5.78 Å². The SMILES string of the molecule is CCCC(=O)c1ccn(CCc2ccccn2)c1. The standard InChI is InChI=1S/C15H18N2O/c1-2-5-15(18)13-7-10-17(12-13)11-8-14-6-3-4-9-16-14/h3-4,6-7,9-10,12H,2,5,8,11H2,1H3. The lowest BCUT2D eigenvalue weighted by Crippen LogP contribution is -2.01. The number of hydrogen-bond donors (Lipinski definition) is 0. The zero-order valence-electron chi connectivity index (χ0n) is 10.7. The van der Waals surface area contributed by atoms with Crippen LogP contribution in [0, 0.1) is 0 Å². The molecule has 0 amide bonds. The highest BCUT2D eigenvalue weighted by atomic mass is 16.1. The van der Waals surface area contributed by atoms with E-state index in [0.29, 0.717) is 6.42 Å². The van der Waals surface area contributed by atoms with E-state index in [1.165, 1.54) is 0 Å². The van der Waals surface area contributed by atoms with Crippen LogP contribution >= 0.6 is 0 Å². The lowest BCUT2D eigenvalue weighted by atomic mass is 10.1. The van der Waals surface area contributed by atoms with Gasteiger partial charge < -0.3 is 4.57 Å². The summed E-state index contributed by atoms with van der Waals surface area (Å²) in [6.07, 6.45) is 8.12. The molecule has 0 atom stereocenters. The van der Waals surface area contributed by atoms with Gasteiger partial charge in [-0.15, -0.1) is 0 Å². The first kappa shape index (κ1) is 12.6. The zero-order valence-corrected chi connectivity index (χ0v) is 10.7. The number of carbonyl (C=O) groups is 1. The van der Waals surface area contributed by atoms with Gasteiger partial charge in [0.2, 0.25) is 0 Å². The van der Waals surface area contributed by atoms with Crippen molar-refractivity contribution >= 4 is 5.78 Å². The fourth-order valence-corrected chi connectivity index (χ4v) is 1.91. The number of ketones is 1. The first-order valence-electron chi connectivity index (χ1n) is 6.38. The Morgan fingerprint density at radius 2 is 2.22 bits per heavy atom. The molecule has 0 saturated heterocycles. The van der Waals surface area contributed by atoms with Gasteiger partial charge in [0.05, 0.1) is 0 Å². The molecule has 18 heavy (non-hydrogen) atoms. The van der Waals surface area contributed by atoms with Gasteiger partial charge in [-0.05, 0) is 24.6 Å². The van der Waals surface area contributed by atoms with Gasteiger partial charge in [-0.3, -0.25) is 9.78 Å². The predicted octanol–water partition coefficient (Wildman–Crippen LogP) is 3.11. The molecule has 0 fully saturated rings. The lowest BCUT2D eigenvalue weighted by Gasteiger charge is -2.02. The summed E-state index contributed by atoms with van der Waals surface area (Å²) in [6, 6.07) is 7.83. The second kappa shape index (κ2) is 6.15. The summed E-state index contributed by atoms with van der Waals surface area (Å²) in [5, 5.41) is 0. The van der Waals surface area contributed by atoms with Gasteiger partial charge in [0.15, 0.2) is 5.78 Å². The Morgan fingerprint density at radius 3 is 2.94 bits per heavy atom. The summed E-state index contributed by atoms with van der Waals surface area (Å²) in [6.45, 7) is 2.88. The number of nitrogens with zero attached hydrogens (tertiary/aromatic N) is 2. The first-order chi connectivity index (χ1) is 8.79. The highest BCUT2D eigenvalue weighted by molar-refractivity contribution is 5.95. The van der Waals surface area contributed by atoms with Crippen molar-refractivity contribution < 1.29 is 4.79 Å². The molecule has 3 nitrogen and oxygen atoms in total. The molecule has 0 aliphatic heterocycles. The number of rotatable bonds is 6. The molecular weight excluding hydrogens is 224 g/mol. The molecule has 0 unspecified atom stereocenters. The molecule has 0 spiro atoms. The highest BCUT2D eigenvalue weighted by Gasteiger charge is 2.06. The number of carbonyl (C=O) groups excluding carboxylic acids is 1. The van der Waals surface area contributed by atoms with Crippen LogP contribution in [0.15, 0.2) is 42.9 Å². The van der Waals surface area contributed by atoms with Crippen molar-refractivity contribution in [3.05, 3.63) is 54.1 Å². The average Bonchev–Trinajstić information content (AvgIpc) is 2.87. The molecule has 94 valence electrons. The quantitative estimate of drug-likeness (QED) is 0.729. The highest BCUT2D eigenvalue weighted by Crippen LogP contribution is 2.07. The van der Waals surface area contributed by atoms with E-state index < -0.39 is 0 Å². The maximum absolute atomic E-state index is 11.7. The molecule has 2 heterocycles. The van der Waals surface area contributed by atoms with Crippen molar-refractivity contribution in [2.75, 3.05) is 0 Å². The fraction of sp³-hybridized carbons (Fsp3) is 0.333. The van der Waals surface area contributed by atoms with Crippen LogP contribution in [0.4, 0.5) is 0 Å². The van der Waals surface area contributed by atoms with E-state index >= 15 is 0 Å². The number of aromatic nitrogens is 2. The topological polar surface area (TPSA) is 34.9 Å². The molecule has 0 aliphatic carbocycles. The van der Waals surface area contributed by atoms with E-state index in [0.717, 1.165) is 30.6 Å². The molecule has 3 heteroatoms. The van der Waals surface area contributed by atoms with E-state index in [2.05, 4.69) is 9.55 Å². The maximum Gasteiger partial charge on any atom is 0.164 e. The predicted molar refractivity (Wildman–Crippen MR) is 71.6 cm³/mol. The van der Waals surface area contributed by atoms with Crippen molar-refractivity contribution in [1.29, 1.82) is 0 Å². The molecule has 2 rings (SSSR count). The van der Waals surface area contributed by atoms with Gasteiger partial charge >= 0.3 is 0 Å². The largest absolute Gasteiger partial charge is 0.353 e. The normalized spacial score (nSPS) is 10.5. The molecule has 0 aromatic carbocycles. The molecule has 0 aliphatic rings. The number of Topliss-reactive ketones (excluding diaryl/α,β-unsaturated/α-hetero) is 1. The smallest absolute Gasteiger partial charge is 0.164 e. The van der Waals surface area contributed by atoms with E-state index in [1.54, 1.807) is 6.20 Å². The van der Waals surface area contributed by atoms with Crippen LogP contribution < -0.4 is 0 Å². The van der Waals surface area contributed by atoms with Crippen molar-refractivity contribution in [1.82, 2.24) is 9.55 Å². The Labute approximate surface area is 107 Å². The van der Waals surface area contributed by atoms with Crippen molar-refractivity contribution in [3.8, 4) is 0 Å². The Balaban J connectivity index is 1.93. The molecule has 0 radical (unpaired) electrons. The number of aryl methyl sites for hydroxylation is 2. The van der Waals surface area contributed by atoms with Crippen LogP contribution in [0.25, 0.3) is 0 Å². The van der Waals surface area contributed by atoms with Crippen molar-refractivity contribution in [2.45, 2.75) is 32.7 Å². The zero-order chi connectivity index (χ0) is 12.8. The van der Waals surface area contributed by atoms with Gasteiger partial charge in [-0.2, -0.15) is 0 Å².